The minimum absolute atomic E-state index is 0.590. The van der Waals surface area contributed by atoms with Crippen molar-refractivity contribution in [2.24, 2.45) is 0 Å². The van der Waals surface area contributed by atoms with Gasteiger partial charge in [0.05, 0.1) is 0 Å². The molecule has 1 aromatic heterocycles. The molecule has 1 aliphatic rings. The van der Waals surface area contributed by atoms with Gasteiger partial charge in [0.1, 0.15) is 5.82 Å². The highest BCUT2D eigenvalue weighted by molar-refractivity contribution is 7.99. The van der Waals surface area contributed by atoms with Gasteiger partial charge >= 0.3 is 0 Å². The molecule has 0 aromatic carbocycles. The highest BCUT2D eigenvalue weighted by Gasteiger charge is 2.14. The van der Waals surface area contributed by atoms with Gasteiger partial charge in [0.2, 0.25) is 0 Å². The monoisotopic (exact) mass is 181 g/mol. The van der Waals surface area contributed by atoms with Crippen molar-refractivity contribution in [2.45, 2.75) is 12.5 Å². The highest BCUT2D eigenvalue weighted by atomic mass is 32.2. The molecule has 0 bridgehead atoms. The van der Waals surface area contributed by atoms with Gasteiger partial charge in [-0.25, -0.2) is 0 Å². The van der Waals surface area contributed by atoms with Crippen molar-refractivity contribution in [2.75, 3.05) is 16.8 Å². The van der Waals surface area contributed by atoms with Crippen molar-refractivity contribution in [3.05, 3.63) is 18.3 Å². The summed E-state index contributed by atoms with van der Waals surface area (Å²) in [5, 5.41) is 11.1. The molecule has 2 rings (SSSR count). The van der Waals surface area contributed by atoms with E-state index in [0.717, 1.165) is 5.82 Å². The van der Waals surface area contributed by atoms with Crippen molar-refractivity contribution < 1.29 is 0 Å². The van der Waals surface area contributed by atoms with Crippen molar-refractivity contribution >= 4 is 17.6 Å². The molecular weight excluding hydrogens is 170 g/mol. The van der Waals surface area contributed by atoms with Crippen LogP contribution in [0.2, 0.25) is 0 Å². The predicted octanol–water partition coefficient (Wildman–Crippen LogP) is 1.39. The van der Waals surface area contributed by atoms with Crippen molar-refractivity contribution in [1.82, 2.24) is 10.2 Å². The SMILES string of the molecule is c1cnnc(NC2CCSC2)c1. The Kier molecular flexibility index (Phi) is 2.46. The van der Waals surface area contributed by atoms with E-state index in [1.54, 1.807) is 6.20 Å². The molecule has 0 saturated carbocycles. The second-order valence-electron chi connectivity index (χ2n) is 2.81. The van der Waals surface area contributed by atoms with Crippen LogP contribution in [0, 0.1) is 0 Å². The Hall–Kier alpha value is -0.770. The molecular formula is C8H11N3S. The Bertz CT molecular complexity index is 233. The molecule has 0 spiro atoms. The van der Waals surface area contributed by atoms with Crippen molar-refractivity contribution in [3.63, 3.8) is 0 Å². The number of nitrogens with zero attached hydrogens (tertiary/aromatic N) is 2. The van der Waals surface area contributed by atoms with Crippen LogP contribution in [0.25, 0.3) is 0 Å². The summed E-state index contributed by atoms with van der Waals surface area (Å²) in [5.41, 5.74) is 0. The molecule has 1 unspecified atom stereocenters. The lowest BCUT2D eigenvalue weighted by Gasteiger charge is -2.09. The summed E-state index contributed by atoms with van der Waals surface area (Å²) >= 11 is 1.99. The Morgan fingerprint density at radius 2 is 2.58 bits per heavy atom. The van der Waals surface area contributed by atoms with Gasteiger partial charge in [-0.15, -0.1) is 5.10 Å². The van der Waals surface area contributed by atoms with Crippen LogP contribution < -0.4 is 5.32 Å². The van der Waals surface area contributed by atoms with E-state index in [-0.39, 0.29) is 0 Å². The molecule has 1 N–H and O–H groups in total. The van der Waals surface area contributed by atoms with Gasteiger partial charge in [0.25, 0.3) is 0 Å². The third kappa shape index (κ3) is 1.88. The third-order valence-corrected chi connectivity index (χ3v) is 3.02. The zero-order valence-corrected chi connectivity index (χ0v) is 7.55. The number of aromatic nitrogens is 2. The molecule has 64 valence electrons. The van der Waals surface area contributed by atoms with E-state index in [1.807, 2.05) is 23.9 Å². The number of rotatable bonds is 2. The van der Waals surface area contributed by atoms with E-state index in [1.165, 1.54) is 17.9 Å². The number of anilines is 1. The van der Waals surface area contributed by atoms with Gasteiger partial charge in [-0.3, -0.25) is 0 Å². The summed E-state index contributed by atoms with van der Waals surface area (Å²) in [5.74, 6) is 3.35. The van der Waals surface area contributed by atoms with Crippen molar-refractivity contribution in [1.29, 1.82) is 0 Å². The lowest BCUT2D eigenvalue weighted by Crippen LogP contribution is -2.18. The van der Waals surface area contributed by atoms with Crippen LogP contribution in [0.5, 0.6) is 0 Å². The number of hydrogen-bond acceptors (Lipinski definition) is 4. The van der Waals surface area contributed by atoms with Gasteiger partial charge in [-0.2, -0.15) is 16.9 Å². The Balaban J connectivity index is 1.94. The van der Waals surface area contributed by atoms with Gasteiger partial charge in [-0.1, -0.05) is 0 Å². The van der Waals surface area contributed by atoms with Crippen LogP contribution >= 0.6 is 11.8 Å². The van der Waals surface area contributed by atoms with Crippen molar-refractivity contribution in [3.8, 4) is 0 Å². The smallest absolute Gasteiger partial charge is 0.148 e. The molecule has 0 amide bonds. The fourth-order valence-electron chi connectivity index (χ4n) is 1.24. The summed E-state index contributed by atoms with van der Waals surface area (Å²) in [4.78, 5) is 0. The molecule has 4 heteroatoms. The molecule has 1 aliphatic heterocycles. The summed E-state index contributed by atoms with van der Waals surface area (Å²) in [6, 6.07) is 4.44. The molecule has 3 nitrogen and oxygen atoms in total. The first-order valence-electron chi connectivity index (χ1n) is 4.07. The van der Waals surface area contributed by atoms with Gasteiger partial charge in [0.15, 0.2) is 0 Å². The summed E-state index contributed by atoms with van der Waals surface area (Å²) in [6.07, 6.45) is 2.93. The number of hydrogen-bond donors (Lipinski definition) is 1. The second-order valence-corrected chi connectivity index (χ2v) is 3.96. The fourth-order valence-corrected chi connectivity index (χ4v) is 2.39. The maximum absolute atomic E-state index is 3.97. The average molecular weight is 181 g/mol. The molecule has 2 heterocycles. The molecule has 0 radical (unpaired) electrons. The van der Waals surface area contributed by atoms with E-state index in [4.69, 9.17) is 0 Å². The summed E-state index contributed by atoms with van der Waals surface area (Å²) in [7, 11) is 0. The predicted molar refractivity (Wildman–Crippen MR) is 51.4 cm³/mol. The van der Waals surface area contributed by atoms with Crippen LogP contribution in [0.1, 0.15) is 6.42 Å². The topological polar surface area (TPSA) is 37.8 Å². The highest BCUT2D eigenvalue weighted by Crippen LogP contribution is 2.19. The molecule has 1 atom stereocenters. The summed E-state index contributed by atoms with van der Waals surface area (Å²) in [6.45, 7) is 0. The zero-order chi connectivity index (χ0) is 8.23. The standard InChI is InChI=1S/C8H11N3S/c1-2-8(11-9-4-1)10-7-3-5-12-6-7/h1-2,4,7H,3,5-6H2,(H,10,11). The first-order valence-corrected chi connectivity index (χ1v) is 5.22. The average Bonchev–Trinajstić information content (AvgIpc) is 2.59. The number of thioether (sulfide) groups is 1. The second kappa shape index (κ2) is 3.76. The van der Waals surface area contributed by atoms with Gasteiger partial charge in [-0.05, 0) is 24.3 Å². The maximum atomic E-state index is 3.97. The summed E-state index contributed by atoms with van der Waals surface area (Å²) < 4.78 is 0. The zero-order valence-electron chi connectivity index (χ0n) is 6.73. The Labute approximate surface area is 76.0 Å². The Morgan fingerprint density at radius 1 is 1.58 bits per heavy atom. The van der Waals surface area contributed by atoms with Crippen LogP contribution in [0.3, 0.4) is 0 Å². The third-order valence-electron chi connectivity index (χ3n) is 1.85. The molecule has 12 heavy (non-hydrogen) atoms. The normalized spacial score (nSPS) is 22.5. The van der Waals surface area contributed by atoms with Crippen LogP contribution in [0.4, 0.5) is 5.82 Å². The van der Waals surface area contributed by atoms with E-state index in [9.17, 15) is 0 Å². The van der Waals surface area contributed by atoms with Crippen LogP contribution in [-0.4, -0.2) is 27.7 Å². The van der Waals surface area contributed by atoms with E-state index >= 15 is 0 Å². The molecule has 1 saturated heterocycles. The maximum Gasteiger partial charge on any atom is 0.148 e. The molecule has 1 fully saturated rings. The molecule has 0 aliphatic carbocycles. The quantitative estimate of drug-likeness (QED) is 0.748. The van der Waals surface area contributed by atoms with Crippen LogP contribution in [0.15, 0.2) is 18.3 Å². The number of nitrogens with one attached hydrogen (secondary N) is 1. The van der Waals surface area contributed by atoms with E-state index in [2.05, 4.69) is 15.5 Å². The lowest BCUT2D eigenvalue weighted by atomic mass is 10.2. The van der Waals surface area contributed by atoms with Gasteiger partial charge < -0.3 is 5.32 Å². The first-order chi connectivity index (χ1) is 5.95. The van der Waals surface area contributed by atoms with Gasteiger partial charge in [0, 0.05) is 18.0 Å². The largest absolute Gasteiger partial charge is 0.365 e. The minimum Gasteiger partial charge on any atom is -0.365 e. The van der Waals surface area contributed by atoms with E-state index < -0.39 is 0 Å². The molecule has 1 aromatic rings. The van der Waals surface area contributed by atoms with Crippen LogP contribution in [-0.2, 0) is 0 Å². The first kappa shape index (κ1) is 7.86. The van der Waals surface area contributed by atoms with E-state index in [0.29, 0.717) is 6.04 Å². The minimum atomic E-state index is 0.590. The lowest BCUT2D eigenvalue weighted by molar-refractivity contribution is 0.800. The fraction of sp³-hybridized carbons (Fsp3) is 0.500. The Morgan fingerprint density at radius 3 is 3.25 bits per heavy atom.